The van der Waals surface area contributed by atoms with E-state index in [-0.39, 0.29) is 0 Å². The molecule has 1 nitrogen and oxygen atoms in total. The van der Waals surface area contributed by atoms with Gasteiger partial charge in [0.15, 0.2) is 0 Å². The van der Waals surface area contributed by atoms with Gasteiger partial charge in [-0.15, -0.1) is 11.3 Å². The maximum atomic E-state index is 6.06. The number of fused-ring (bicyclic) bond motifs is 1. The van der Waals surface area contributed by atoms with Gasteiger partial charge in [0.05, 0.1) is 0 Å². The minimum atomic E-state index is 0.425. The van der Waals surface area contributed by atoms with Crippen LogP contribution in [0.1, 0.15) is 33.8 Å². The van der Waals surface area contributed by atoms with Gasteiger partial charge in [-0.3, -0.25) is 0 Å². The molecule has 1 N–H and O–H groups in total. The minimum absolute atomic E-state index is 0.425. The second-order valence-electron chi connectivity index (χ2n) is 5.35. The lowest BCUT2D eigenvalue weighted by atomic mass is 10.1. The molecule has 0 saturated heterocycles. The van der Waals surface area contributed by atoms with Crippen LogP contribution in [0.15, 0.2) is 30.3 Å². The van der Waals surface area contributed by atoms with Crippen molar-refractivity contribution in [3.8, 4) is 0 Å². The molecule has 0 radical (unpaired) electrons. The fourth-order valence-electron chi connectivity index (χ4n) is 2.83. The molecule has 1 aliphatic carbocycles. The van der Waals surface area contributed by atoms with Crippen molar-refractivity contribution in [3.63, 3.8) is 0 Å². The Balaban J connectivity index is 1.67. The summed E-state index contributed by atoms with van der Waals surface area (Å²) in [5.74, 6) is 0. The molecule has 2 aromatic rings. The fourth-order valence-corrected chi connectivity index (χ4v) is 3.91. The summed E-state index contributed by atoms with van der Waals surface area (Å²) < 4.78 is 0. The van der Waals surface area contributed by atoms with Gasteiger partial charge in [-0.25, -0.2) is 0 Å². The van der Waals surface area contributed by atoms with Crippen LogP contribution in [0.2, 0.25) is 5.02 Å². The highest BCUT2D eigenvalue weighted by Crippen LogP contribution is 2.28. The molecule has 2 atom stereocenters. The smallest absolute Gasteiger partial charge is 0.0408 e. The average Bonchev–Trinajstić information content (AvgIpc) is 2.94. The lowest BCUT2D eigenvalue weighted by molar-refractivity contribution is 0.472. The van der Waals surface area contributed by atoms with Crippen LogP contribution in [0.4, 0.5) is 0 Å². The van der Waals surface area contributed by atoms with E-state index in [9.17, 15) is 0 Å². The molecule has 3 rings (SSSR count). The maximum Gasteiger partial charge on any atom is 0.0408 e. The maximum absolute atomic E-state index is 6.06. The first-order chi connectivity index (χ1) is 9.11. The second-order valence-corrected chi connectivity index (χ2v) is 7.11. The number of thiophene rings is 1. The van der Waals surface area contributed by atoms with Crippen molar-refractivity contribution in [1.82, 2.24) is 5.32 Å². The van der Waals surface area contributed by atoms with E-state index in [2.05, 4.69) is 43.4 Å². The van der Waals surface area contributed by atoms with E-state index >= 15 is 0 Å². The Hall–Kier alpha value is -0.830. The van der Waals surface area contributed by atoms with Crippen molar-refractivity contribution in [2.75, 3.05) is 0 Å². The Morgan fingerprint density at radius 3 is 2.74 bits per heavy atom. The summed E-state index contributed by atoms with van der Waals surface area (Å²) in [6.45, 7) is 4.41. The van der Waals surface area contributed by atoms with Crippen LogP contribution in [0.25, 0.3) is 0 Å². The third-order valence-corrected chi connectivity index (χ3v) is 5.19. The standard InChI is InChI=1S/C16H18ClNS/c1-10-3-6-16(19-10)11(2)18-15-8-12-4-5-14(17)7-13(12)9-15/h3-7,11,15,18H,8-9H2,1-2H3. The number of benzene rings is 1. The van der Waals surface area contributed by atoms with Gasteiger partial charge >= 0.3 is 0 Å². The molecule has 0 aliphatic heterocycles. The van der Waals surface area contributed by atoms with Gasteiger partial charge in [-0.1, -0.05) is 17.7 Å². The van der Waals surface area contributed by atoms with E-state index in [1.54, 1.807) is 0 Å². The molecule has 2 unspecified atom stereocenters. The molecular formula is C16H18ClNS. The Bertz CT molecular complexity index is 590. The number of hydrogen-bond donors (Lipinski definition) is 1. The van der Waals surface area contributed by atoms with Crippen LogP contribution in [0.3, 0.4) is 0 Å². The zero-order valence-electron chi connectivity index (χ0n) is 11.2. The zero-order chi connectivity index (χ0) is 13.4. The predicted octanol–water partition coefficient (Wildman–Crippen LogP) is 4.53. The average molecular weight is 292 g/mol. The molecule has 0 spiro atoms. The van der Waals surface area contributed by atoms with Crippen molar-refractivity contribution in [1.29, 1.82) is 0 Å². The second kappa shape index (κ2) is 5.28. The van der Waals surface area contributed by atoms with Crippen LogP contribution in [0, 0.1) is 6.92 Å². The van der Waals surface area contributed by atoms with Gasteiger partial charge < -0.3 is 5.32 Å². The van der Waals surface area contributed by atoms with Crippen molar-refractivity contribution in [2.45, 2.75) is 38.8 Å². The normalized spacial score (nSPS) is 19.4. The molecule has 1 heterocycles. The van der Waals surface area contributed by atoms with Gasteiger partial charge in [0.1, 0.15) is 0 Å². The molecule has 0 bridgehead atoms. The SMILES string of the molecule is Cc1ccc(C(C)NC2Cc3ccc(Cl)cc3C2)s1. The first-order valence-corrected chi connectivity index (χ1v) is 7.91. The Morgan fingerprint density at radius 1 is 1.21 bits per heavy atom. The van der Waals surface area contributed by atoms with Crippen molar-refractivity contribution >= 4 is 22.9 Å². The highest BCUT2D eigenvalue weighted by molar-refractivity contribution is 7.12. The van der Waals surface area contributed by atoms with Crippen LogP contribution in [0.5, 0.6) is 0 Å². The minimum Gasteiger partial charge on any atom is -0.306 e. The van der Waals surface area contributed by atoms with E-state index in [4.69, 9.17) is 11.6 Å². The van der Waals surface area contributed by atoms with E-state index in [0.717, 1.165) is 17.9 Å². The number of hydrogen-bond acceptors (Lipinski definition) is 2. The molecular weight excluding hydrogens is 274 g/mol. The van der Waals surface area contributed by atoms with Crippen LogP contribution >= 0.6 is 22.9 Å². The lowest BCUT2D eigenvalue weighted by Gasteiger charge is -2.18. The van der Waals surface area contributed by atoms with Gasteiger partial charge in [0.2, 0.25) is 0 Å². The predicted molar refractivity (Wildman–Crippen MR) is 83.3 cm³/mol. The molecule has 0 amide bonds. The molecule has 100 valence electrons. The summed E-state index contributed by atoms with van der Waals surface area (Å²) >= 11 is 7.94. The molecule has 1 aromatic carbocycles. The van der Waals surface area contributed by atoms with E-state index < -0.39 is 0 Å². The van der Waals surface area contributed by atoms with Crippen LogP contribution in [-0.2, 0) is 12.8 Å². The third-order valence-electron chi connectivity index (χ3n) is 3.77. The highest BCUT2D eigenvalue weighted by atomic mass is 35.5. The first kappa shape index (κ1) is 13.2. The summed E-state index contributed by atoms with van der Waals surface area (Å²) in [6, 6.07) is 11.7. The number of halogens is 1. The monoisotopic (exact) mass is 291 g/mol. The Labute approximate surface area is 123 Å². The quantitative estimate of drug-likeness (QED) is 0.876. The van der Waals surface area contributed by atoms with Crippen LogP contribution < -0.4 is 5.32 Å². The lowest BCUT2D eigenvalue weighted by Crippen LogP contribution is -2.31. The van der Waals surface area contributed by atoms with Crippen LogP contribution in [-0.4, -0.2) is 6.04 Å². The van der Waals surface area contributed by atoms with Gasteiger partial charge in [-0.05, 0) is 62.1 Å². The topological polar surface area (TPSA) is 12.0 Å². The Kier molecular flexibility index (Phi) is 3.66. The Morgan fingerprint density at radius 2 is 2.00 bits per heavy atom. The molecule has 19 heavy (non-hydrogen) atoms. The summed E-state index contributed by atoms with van der Waals surface area (Å²) in [6.07, 6.45) is 2.20. The van der Waals surface area contributed by atoms with Crippen molar-refractivity contribution < 1.29 is 0 Å². The van der Waals surface area contributed by atoms with Gasteiger partial charge in [0.25, 0.3) is 0 Å². The molecule has 0 saturated carbocycles. The van der Waals surface area contributed by atoms with E-state index in [1.807, 2.05) is 17.4 Å². The summed E-state index contributed by atoms with van der Waals surface area (Å²) in [4.78, 5) is 2.80. The largest absolute Gasteiger partial charge is 0.306 e. The van der Waals surface area contributed by atoms with E-state index in [1.165, 1.54) is 20.9 Å². The molecule has 0 fully saturated rings. The molecule has 1 aliphatic rings. The third kappa shape index (κ3) is 2.86. The van der Waals surface area contributed by atoms with Gasteiger partial charge in [-0.2, -0.15) is 0 Å². The molecule has 3 heteroatoms. The van der Waals surface area contributed by atoms with E-state index in [0.29, 0.717) is 12.1 Å². The summed E-state index contributed by atoms with van der Waals surface area (Å²) in [7, 11) is 0. The van der Waals surface area contributed by atoms with Gasteiger partial charge in [0, 0.05) is 26.9 Å². The number of rotatable bonds is 3. The molecule has 1 aromatic heterocycles. The van der Waals surface area contributed by atoms with Crippen molar-refractivity contribution in [2.24, 2.45) is 0 Å². The zero-order valence-corrected chi connectivity index (χ0v) is 12.8. The highest BCUT2D eigenvalue weighted by Gasteiger charge is 2.23. The fraction of sp³-hybridized carbons (Fsp3) is 0.375. The summed E-state index contributed by atoms with van der Waals surface area (Å²) in [5.41, 5.74) is 2.84. The van der Waals surface area contributed by atoms with Crippen molar-refractivity contribution in [3.05, 3.63) is 56.2 Å². The first-order valence-electron chi connectivity index (χ1n) is 6.71. The number of nitrogens with one attached hydrogen (secondary N) is 1. The number of aryl methyl sites for hydroxylation is 1. The summed E-state index contributed by atoms with van der Waals surface area (Å²) in [5, 5.41) is 4.59.